The Balaban J connectivity index is 4.02. The average molecular weight is 394 g/mol. The van der Waals surface area contributed by atoms with E-state index in [1.54, 1.807) is 0 Å². The first-order chi connectivity index (χ1) is 11.0. The second kappa shape index (κ2) is 11.3. The van der Waals surface area contributed by atoms with Crippen LogP contribution in [0.3, 0.4) is 0 Å². The predicted molar refractivity (Wildman–Crippen MR) is 114 cm³/mol. The molecule has 0 bridgehead atoms. The normalized spacial score (nSPS) is 14.2. The van der Waals surface area contributed by atoms with Gasteiger partial charge >= 0.3 is 0 Å². The first kappa shape index (κ1) is 24.5. The Hall–Kier alpha value is 0.491. The van der Waals surface area contributed by atoms with Crippen molar-refractivity contribution >= 4 is 26.0 Å². The molecule has 0 aliphatic carbocycles. The van der Waals surface area contributed by atoms with Crippen molar-refractivity contribution in [3.05, 3.63) is 0 Å². The van der Waals surface area contributed by atoms with E-state index in [0.717, 1.165) is 39.4 Å². The van der Waals surface area contributed by atoms with Crippen molar-refractivity contribution in [2.24, 2.45) is 0 Å². The number of hydrogen-bond donors (Lipinski definition) is 0. The lowest BCUT2D eigenvalue weighted by molar-refractivity contribution is -0.163. The van der Waals surface area contributed by atoms with Gasteiger partial charge in [-0.15, -0.1) is 0 Å². The summed E-state index contributed by atoms with van der Waals surface area (Å²) in [7, 11) is -2.91. The third kappa shape index (κ3) is 10.5. The summed E-state index contributed by atoms with van der Waals surface area (Å²) < 4.78 is 20.3. The summed E-state index contributed by atoms with van der Waals surface area (Å²) in [5.74, 6) is 0. The van der Waals surface area contributed by atoms with E-state index in [0.29, 0.717) is 0 Å². The van der Waals surface area contributed by atoms with E-state index < -0.39 is 26.0 Å². The maximum atomic E-state index is 5.93. The van der Waals surface area contributed by atoms with Gasteiger partial charge in [-0.3, -0.25) is 0 Å². The first-order valence-corrected chi connectivity index (χ1v) is 18.2. The number of nitrogens with zero attached hydrogens (tertiary/aromatic N) is 1. The Morgan fingerprint density at radius 3 is 1.79 bits per heavy atom. The monoisotopic (exact) mass is 393 g/mol. The maximum absolute atomic E-state index is 5.93. The lowest BCUT2D eigenvalue weighted by Gasteiger charge is -2.43. The Morgan fingerprint density at radius 1 is 0.875 bits per heavy atom. The smallest absolute Gasteiger partial charge is 0.142 e. The molecule has 7 heteroatoms. The Labute approximate surface area is 155 Å². The molecule has 0 aromatic carbocycles. The molecular formula is C17H43NO3Si3. The fourth-order valence-electron chi connectivity index (χ4n) is 3.38. The molecule has 0 fully saturated rings. The molecule has 0 aliphatic rings. The minimum absolute atomic E-state index is 0.296. The second-order valence-electron chi connectivity index (χ2n) is 8.56. The highest BCUT2D eigenvalue weighted by molar-refractivity contribution is 6.89. The molecule has 0 aromatic heterocycles. The van der Waals surface area contributed by atoms with E-state index in [4.69, 9.17) is 14.2 Å². The van der Waals surface area contributed by atoms with Crippen molar-refractivity contribution in [1.82, 2.24) is 4.23 Å². The Morgan fingerprint density at radius 2 is 1.38 bits per heavy atom. The highest BCUT2D eigenvalue weighted by Gasteiger charge is 2.33. The number of hydrogen-bond acceptors (Lipinski definition) is 4. The summed E-state index contributed by atoms with van der Waals surface area (Å²) in [6.45, 7) is 25.1. The molecule has 0 aromatic rings. The van der Waals surface area contributed by atoms with Gasteiger partial charge in [0.15, 0.2) is 0 Å². The summed E-state index contributed by atoms with van der Waals surface area (Å²) >= 11 is 0. The number of rotatable bonds is 14. The molecule has 0 N–H and O–H groups in total. The highest BCUT2D eigenvalue weighted by atomic mass is 28.4. The van der Waals surface area contributed by atoms with Crippen LogP contribution < -0.4 is 0 Å². The third-order valence-corrected chi connectivity index (χ3v) is 14.0. The Kier molecular flexibility index (Phi) is 11.5. The van der Waals surface area contributed by atoms with Crippen LogP contribution in [0, 0.1) is 0 Å². The Bertz CT molecular complexity index is 310. The average Bonchev–Trinajstić information content (AvgIpc) is 2.39. The van der Waals surface area contributed by atoms with Crippen LogP contribution in [-0.4, -0.2) is 68.6 Å². The molecule has 146 valence electrons. The van der Waals surface area contributed by atoms with Crippen LogP contribution in [0.1, 0.15) is 27.2 Å². The predicted octanol–water partition coefficient (Wildman–Crippen LogP) is 3.70. The van der Waals surface area contributed by atoms with Crippen molar-refractivity contribution in [2.45, 2.75) is 77.9 Å². The summed E-state index contributed by atoms with van der Waals surface area (Å²) in [5.41, 5.74) is -0.296. The molecule has 4 nitrogen and oxygen atoms in total. The van der Waals surface area contributed by atoms with Crippen LogP contribution >= 0.6 is 0 Å². The summed E-state index contributed by atoms with van der Waals surface area (Å²) in [6, 6.07) is 1.21. The summed E-state index contributed by atoms with van der Waals surface area (Å²) in [6.07, 6.45) is 1.13. The molecule has 0 rings (SSSR count). The molecule has 0 atom stereocenters. The molecular weight excluding hydrogens is 350 g/mol. The zero-order chi connectivity index (χ0) is 18.9. The van der Waals surface area contributed by atoms with Crippen molar-refractivity contribution < 1.29 is 14.2 Å². The van der Waals surface area contributed by atoms with Crippen molar-refractivity contribution in [3.63, 3.8) is 0 Å². The zero-order valence-electron chi connectivity index (χ0n) is 17.8. The molecule has 0 aliphatic heterocycles. The van der Waals surface area contributed by atoms with E-state index >= 15 is 0 Å². The van der Waals surface area contributed by atoms with Gasteiger partial charge in [0.25, 0.3) is 0 Å². The molecule has 0 unspecified atom stereocenters. The fraction of sp³-hybridized carbons (Fsp3) is 1.00. The van der Waals surface area contributed by atoms with Crippen molar-refractivity contribution in [2.75, 3.05) is 33.0 Å². The van der Waals surface area contributed by atoms with Crippen molar-refractivity contribution in [1.29, 1.82) is 0 Å². The zero-order valence-corrected chi connectivity index (χ0v) is 21.2. The van der Waals surface area contributed by atoms with Crippen molar-refractivity contribution in [3.8, 4) is 0 Å². The summed E-state index contributed by atoms with van der Waals surface area (Å²) in [4.78, 5) is 0. The molecule has 0 heterocycles. The first-order valence-electron chi connectivity index (χ1n) is 9.59. The minimum Gasteiger partial charge on any atom is -0.380 e. The van der Waals surface area contributed by atoms with Crippen LogP contribution in [0.2, 0.25) is 45.3 Å². The molecule has 0 saturated carbocycles. The van der Waals surface area contributed by atoms with Crippen LogP contribution in [0.4, 0.5) is 0 Å². The largest absolute Gasteiger partial charge is 0.380 e. The molecule has 0 spiro atoms. The van der Waals surface area contributed by atoms with Gasteiger partial charge in [0.05, 0.1) is 16.1 Å². The quantitative estimate of drug-likeness (QED) is 0.256. The molecule has 0 amide bonds. The van der Waals surface area contributed by atoms with Crippen LogP contribution in [0.15, 0.2) is 0 Å². The standard InChI is InChI=1S/C17H43NO3Si3/c1-10-20-17(3,21-11-2)22-16-12-14-19-15-13-18(23(4,5)6)24(7,8)9/h10-16,22H2,1-9H3. The van der Waals surface area contributed by atoms with Gasteiger partial charge < -0.3 is 18.4 Å². The van der Waals surface area contributed by atoms with E-state index in [2.05, 4.69) is 50.4 Å². The summed E-state index contributed by atoms with van der Waals surface area (Å²) in [5, 5.41) is 0. The SMILES string of the molecule is CCOC(C)(OCC)[SiH2]CCCOCCN([Si](C)(C)C)[Si](C)(C)C. The molecule has 0 saturated heterocycles. The third-order valence-electron chi connectivity index (χ3n) is 4.15. The lowest BCUT2D eigenvalue weighted by Crippen LogP contribution is -2.59. The topological polar surface area (TPSA) is 30.9 Å². The van der Waals surface area contributed by atoms with Gasteiger partial charge in [-0.05, 0) is 27.2 Å². The van der Waals surface area contributed by atoms with E-state index in [1.807, 2.05) is 13.8 Å². The van der Waals surface area contributed by atoms with Gasteiger partial charge in [0.1, 0.15) is 21.9 Å². The van der Waals surface area contributed by atoms with E-state index in [1.165, 1.54) is 6.04 Å². The second-order valence-corrected chi connectivity index (χ2v) is 21.3. The van der Waals surface area contributed by atoms with Gasteiger partial charge in [-0.2, -0.15) is 0 Å². The van der Waals surface area contributed by atoms with Gasteiger partial charge in [0.2, 0.25) is 0 Å². The van der Waals surface area contributed by atoms with Gasteiger partial charge in [0, 0.05) is 26.4 Å². The van der Waals surface area contributed by atoms with E-state index in [-0.39, 0.29) is 5.41 Å². The number of ether oxygens (including phenoxy) is 3. The minimum atomic E-state index is -1.25. The van der Waals surface area contributed by atoms with Crippen LogP contribution in [0.5, 0.6) is 0 Å². The lowest BCUT2D eigenvalue weighted by atomic mass is 10.5. The van der Waals surface area contributed by atoms with Gasteiger partial charge in [-0.25, -0.2) is 0 Å². The fourth-order valence-corrected chi connectivity index (χ4v) is 14.7. The maximum Gasteiger partial charge on any atom is 0.142 e. The highest BCUT2D eigenvalue weighted by Crippen LogP contribution is 2.19. The van der Waals surface area contributed by atoms with E-state index in [9.17, 15) is 0 Å². The van der Waals surface area contributed by atoms with Gasteiger partial charge in [-0.1, -0.05) is 45.3 Å². The van der Waals surface area contributed by atoms with Crippen LogP contribution in [-0.2, 0) is 14.2 Å². The molecule has 0 radical (unpaired) electrons. The molecule has 24 heavy (non-hydrogen) atoms. The van der Waals surface area contributed by atoms with Crippen LogP contribution in [0.25, 0.3) is 0 Å².